The van der Waals surface area contributed by atoms with Crippen LogP contribution in [0.4, 0.5) is 0 Å². The minimum Gasteiger partial charge on any atom is -0.350 e. The van der Waals surface area contributed by atoms with Crippen molar-refractivity contribution in [3.8, 4) is 0 Å². The Morgan fingerprint density at radius 2 is 2.12 bits per heavy atom. The maximum atomic E-state index is 11.8. The molecule has 96 valence electrons. The summed E-state index contributed by atoms with van der Waals surface area (Å²) in [5.41, 5.74) is 6.18. The van der Waals surface area contributed by atoms with Gasteiger partial charge >= 0.3 is 0 Å². The summed E-state index contributed by atoms with van der Waals surface area (Å²) in [6.45, 7) is 8.96. The van der Waals surface area contributed by atoms with Gasteiger partial charge in [-0.3, -0.25) is 4.79 Å². The van der Waals surface area contributed by atoms with Crippen LogP contribution in [0.2, 0.25) is 0 Å². The molecular weight excluding hydrogens is 234 g/mol. The SMILES string of the molecule is CC(N)c1nc(C(=O)NCC(C)C(C)C)cs1. The topological polar surface area (TPSA) is 68.0 Å². The lowest BCUT2D eigenvalue weighted by atomic mass is 9.98. The summed E-state index contributed by atoms with van der Waals surface area (Å²) in [7, 11) is 0. The van der Waals surface area contributed by atoms with Gasteiger partial charge in [0, 0.05) is 11.9 Å². The lowest BCUT2D eigenvalue weighted by Gasteiger charge is -2.15. The molecule has 5 heteroatoms. The zero-order valence-corrected chi connectivity index (χ0v) is 11.7. The minimum absolute atomic E-state index is 0.111. The zero-order valence-electron chi connectivity index (χ0n) is 10.9. The maximum Gasteiger partial charge on any atom is 0.270 e. The fraction of sp³-hybridized carbons (Fsp3) is 0.667. The van der Waals surface area contributed by atoms with E-state index in [2.05, 4.69) is 31.1 Å². The molecule has 1 amide bonds. The van der Waals surface area contributed by atoms with Gasteiger partial charge in [-0.25, -0.2) is 4.98 Å². The fourth-order valence-corrected chi connectivity index (χ4v) is 1.94. The van der Waals surface area contributed by atoms with Gasteiger partial charge in [0.15, 0.2) is 0 Å². The quantitative estimate of drug-likeness (QED) is 0.847. The first kappa shape index (κ1) is 14.1. The Hall–Kier alpha value is -0.940. The number of rotatable bonds is 5. The van der Waals surface area contributed by atoms with Gasteiger partial charge in [-0.15, -0.1) is 11.3 Å². The molecule has 0 radical (unpaired) electrons. The molecule has 4 nitrogen and oxygen atoms in total. The maximum absolute atomic E-state index is 11.8. The summed E-state index contributed by atoms with van der Waals surface area (Å²) < 4.78 is 0. The molecule has 17 heavy (non-hydrogen) atoms. The van der Waals surface area contributed by atoms with E-state index < -0.39 is 0 Å². The first-order valence-corrected chi connectivity index (χ1v) is 6.79. The van der Waals surface area contributed by atoms with Gasteiger partial charge in [-0.1, -0.05) is 20.8 Å². The number of hydrogen-bond acceptors (Lipinski definition) is 4. The molecule has 2 unspecified atom stereocenters. The molecule has 0 aliphatic heterocycles. The molecule has 0 saturated heterocycles. The van der Waals surface area contributed by atoms with Crippen molar-refractivity contribution >= 4 is 17.2 Å². The Balaban J connectivity index is 2.52. The van der Waals surface area contributed by atoms with Crippen molar-refractivity contribution in [3.05, 3.63) is 16.1 Å². The van der Waals surface area contributed by atoms with E-state index in [1.165, 1.54) is 11.3 Å². The highest BCUT2D eigenvalue weighted by atomic mass is 32.1. The van der Waals surface area contributed by atoms with Crippen LogP contribution in [0.1, 0.15) is 49.2 Å². The summed E-state index contributed by atoms with van der Waals surface area (Å²) in [5.74, 6) is 0.913. The average Bonchev–Trinajstić information content (AvgIpc) is 2.74. The summed E-state index contributed by atoms with van der Waals surface area (Å²) in [6, 6.07) is -0.115. The second-order valence-corrected chi connectivity index (χ2v) is 5.68. The molecule has 1 heterocycles. The Labute approximate surface area is 107 Å². The summed E-state index contributed by atoms with van der Waals surface area (Å²) >= 11 is 1.43. The lowest BCUT2D eigenvalue weighted by molar-refractivity contribution is 0.0940. The van der Waals surface area contributed by atoms with Crippen LogP contribution >= 0.6 is 11.3 Å². The number of amides is 1. The minimum atomic E-state index is -0.115. The Kier molecular flexibility index (Phi) is 5.08. The first-order chi connectivity index (χ1) is 7.91. The molecule has 0 fully saturated rings. The third-order valence-corrected chi connectivity index (χ3v) is 3.91. The average molecular weight is 255 g/mol. The van der Waals surface area contributed by atoms with Crippen LogP contribution < -0.4 is 11.1 Å². The number of nitrogens with one attached hydrogen (secondary N) is 1. The van der Waals surface area contributed by atoms with Gasteiger partial charge in [0.25, 0.3) is 5.91 Å². The summed E-state index contributed by atoms with van der Waals surface area (Å²) in [4.78, 5) is 16.0. The van der Waals surface area contributed by atoms with E-state index in [1.807, 2.05) is 6.92 Å². The Morgan fingerprint density at radius 1 is 1.47 bits per heavy atom. The van der Waals surface area contributed by atoms with E-state index in [4.69, 9.17) is 5.73 Å². The molecule has 1 rings (SSSR count). The second-order valence-electron chi connectivity index (χ2n) is 4.79. The van der Waals surface area contributed by atoms with E-state index in [9.17, 15) is 4.79 Å². The van der Waals surface area contributed by atoms with E-state index >= 15 is 0 Å². The third-order valence-electron chi connectivity index (χ3n) is 2.87. The van der Waals surface area contributed by atoms with Crippen molar-refractivity contribution in [2.24, 2.45) is 17.6 Å². The summed E-state index contributed by atoms with van der Waals surface area (Å²) in [6.07, 6.45) is 0. The van der Waals surface area contributed by atoms with Gasteiger partial charge in [-0.2, -0.15) is 0 Å². The largest absolute Gasteiger partial charge is 0.350 e. The molecule has 3 N–H and O–H groups in total. The number of carbonyl (C=O) groups excluding carboxylic acids is 1. The van der Waals surface area contributed by atoms with Gasteiger partial charge in [0.05, 0.1) is 6.04 Å². The van der Waals surface area contributed by atoms with Gasteiger partial charge in [0.2, 0.25) is 0 Å². The second kappa shape index (κ2) is 6.12. The van der Waals surface area contributed by atoms with Crippen LogP contribution in [0.3, 0.4) is 0 Å². The van der Waals surface area contributed by atoms with Gasteiger partial charge in [0.1, 0.15) is 10.7 Å². The van der Waals surface area contributed by atoms with Crippen molar-refractivity contribution in [3.63, 3.8) is 0 Å². The predicted octanol–water partition coefficient (Wildman–Crippen LogP) is 2.18. The van der Waals surface area contributed by atoms with Crippen molar-refractivity contribution in [2.75, 3.05) is 6.54 Å². The zero-order chi connectivity index (χ0) is 13.0. The molecule has 0 aliphatic rings. The molecule has 1 aromatic heterocycles. The van der Waals surface area contributed by atoms with Crippen LogP contribution in [0, 0.1) is 11.8 Å². The van der Waals surface area contributed by atoms with Crippen LogP contribution in [0.5, 0.6) is 0 Å². The van der Waals surface area contributed by atoms with Crippen molar-refractivity contribution in [1.29, 1.82) is 0 Å². The number of carbonyl (C=O) groups is 1. The lowest BCUT2D eigenvalue weighted by Crippen LogP contribution is -2.30. The van der Waals surface area contributed by atoms with Crippen LogP contribution in [-0.4, -0.2) is 17.4 Å². The standard InChI is InChI=1S/C12H21N3OS/c1-7(2)8(3)5-14-11(16)10-6-17-12(15-10)9(4)13/h6-9H,5,13H2,1-4H3,(H,14,16). The molecule has 0 bridgehead atoms. The smallest absolute Gasteiger partial charge is 0.270 e. The summed E-state index contributed by atoms with van der Waals surface area (Å²) in [5, 5.41) is 5.45. The van der Waals surface area contributed by atoms with Crippen LogP contribution in [-0.2, 0) is 0 Å². The molecule has 2 atom stereocenters. The van der Waals surface area contributed by atoms with Crippen molar-refractivity contribution < 1.29 is 4.79 Å². The van der Waals surface area contributed by atoms with Crippen molar-refractivity contribution in [1.82, 2.24) is 10.3 Å². The third kappa shape index (κ3) is 4.09. The highest BCUT2D eigenvalue weighted by molar-refractivity contribution is 7.09. The monoisotopic (exact) mass is 255 g/mol. The fourth-order valence-electron chi connectivity index (χ4n) is 1.18. The first-order valence-electron chi connectivity index (χ1n) is 5.91. The predicted molar refractivity (Wildman–Crippen MR) is 71.1 cm³/mol. The van der Waals surface area contributed by atoms with Gasteiger partial charge < -0.3 is 11.1 Å². The highest BCUT2D eigenvalue weighted by Gasteiger charge is 2.14. The molecular formula is C12H21N3OS. The normalized spacial score (nSPS) is 14.7. The number of nitrogens with zero attached hydrogens (tertiary/aromatic N) is 1. The van der Waals surface area contributed by atoms with E-state index in [-0.39, 0.29) is 11.9 Å². The molecule has 0 aromatic carbocycles. The van der Waals surface area contributed by atoms with Gasteiger partial charge in [-0.05, 0) is 18.8 Å². The highest BCUT2D eigenvalue weighted by Crippen LogP contribution is 2.16. The molecule has 1 aromatic rings. The number of hydrogen-bond donors (Lipinski definition) is 2. The number of thiazole rings is 1. The van der Waals surface area contributed by atoms with E-state index in [1.54, 1.807) is 5.38 Å². The van der Waals surface area contributed by atoms with Crippen LogP contribution in [0.15, 0.2) is 5.38 Å². The molecule has 0 saturated carbocycles. The molecule has 0 aliphatic carbocycles. The number of aromatic nitrogens is 1. The van der Waals surface area contributed by atoms with Crippen molar-refractivity contribution in [2.45, 2.75) is 33.7 Å². The Morgan fingerprint density at radius 3 is 2.59 bits per heavy atom. The Bertz CT molecular complexity index is 374. The van der Waals surface area contributed by atoms with E-state index in [0.29, 0.717) is 24.1 Å². The molecule has 0 spiro atoms. The van der Waals surface area contributed by atoms with Crippen LogP contribution in [0.25, 0.3) is 0 Å². The number of nitrogens with two attached hydrogens (primary N) is 1. The van der Waals surface area contributed by atoms with E-state index in [0.717, 1.165) is 5.01 Å².